The van der Waals surface area contributed by atoms with Gasteiger partial charge in [-0.25, -0.2) is 41.3 Å². The molecule has 6 unspecified atom stereocenters. The molecular formula is C106H150Cl5F4N19O11Y. The van der Waals surface area contributed by atoms with Gasteiger partial charge in [0, 0.05) is 277 Å². The number of carbonyl (C=O) groups excluding carboxylic acids is 5. The van der Waals surface area contributed by atoms with Crippen LogP contribution >= 0.6 is 58.8 Å². The molecule has 801 valence electrons. The number of anilines is 4. The van der Waals surface area contributed by atoms with Crippen molar-refractivity contribution in [3.05, 3.63) is 196 Å². The van der Waals surface area contributed by atoms with Gasteiger partial charge in [-0.3, -0.25) is 24.2 Å². The standard InChI is InChI=1S/C31H40ClF2N7O.C21H31ClN6O2.C21H32ClN3O3.C18H27ClN2O3.C15H19F2NO2.ClH.Y/c1-7-29-35-36-37-41(29)20(3)23-14-19(2)26(32)16-28(23)38-10-12-39(13-11-38)30(42)25-18-40(31(4,5)6)17-24(25)22-9-8-21(33)15-27(22)34;1-7-19-23-24-25-28(19)15(3)16-12-14(2)17(22)13-18(16)26-8-10-27(11-9-26)20(29)30-21(4,5)6;1-7-19(26)23-15(3)16-12-14(2)17(22)13-18(16)24-8-10-25(11-9-24)20(27)28-21(4,5)6;1-12-10-14(13(2)22)16(11-15(12)19)20-6-8-21(9-7-20)17(23)24-18(3,4)5;1-15(2,3)18-7-11(12(8-18)14(19)20)10-5-4-9(16)6-13(10)17;;/h8-9,14-16,20,24-25H,7,10-13,17-18H2,1-6H3;12-13,15H,7-11H2,1-6H3;12-13,15H,7-11H2,1-6H3,(H,23,26);10-11,13,22H,6-9H2,1-5H3;4-6,11-12H,7-8H2,1-3H3,(H,19,20);1H;/t20?,24-,25?;;;;11-,12?;;/m0...0../s1. The molecule has 1 radical (unpaired) electrons. The number of hydrogen-bond donors (Lipinski definition) is 3. The Kier molecular flexibility index (Phi) is 43.7. The van der Waals surface area contributed by atoms with E-state index in [1.54, 1.807) is 21.6 Å². The molecule has 6 fully saturated rings. The first kappa shape index (κ1) is 122. The molecule has 30 nitrogen and oxygen atoms in total. The molecule has 14 rings (SSSR count). The number of benzene rings is 6. The number of hydrogen-bond acceptors (Lipinski definition) is 22. The summed E-state index contributed by atoms with van der Waals surface area (Å²) >= 11 is 25.8. The Hall–Kier alpha value is -8.97. The Morgan fingerprint density at radius 2 is 0.719 bits per heavy atom. The smallest absolute Gasteiger partial charge is 0.410 e. The number of aliphatic hydroxyl groups excluding tert-OH is 1. The van der Waals surface area contributed by atoms with Crippen LogP contribution in [-0.2, 0) is 74.1 Å². The largest absolute Gasteiger partial charge is 0.481 e. The van der Waals surface area contributed by atoms with Crippen molar-refractivity contribution < 1.29 is 103 Å². The van der Waals surface area contributed by atoms with Gasteiger partial charge in [-0.2, -0.15) is 0 Å². The SMILES string of the molecule is CC(C)(C)N1CC(C(=O)O)[C@H](c2ccc(F)cc2F)C1.CCC(=O)NC(C)c1cc(C)c(Cl)cc1N1CCN(C(=O)OC(C)(C)C)CC1.CCc1nnnn1C(C)c1cc(C)c(Cl)cc1N1CCN(C(=O)C2CN(C(C)(C)C)C[C@H]2c2ccc(F)cc2F)CC1.CCc1nnnn1C(C)c1cc(C)c(Cl)cc1N1CCN(C(=O)OC(C)(C)C)CC1.Cc1cc(C(C)O)c(N2CCN(C(=O)OC(C)(C)C)CC2)cc1Cl.Cl.[Y]. The van der Waals surface area contributed by atoms with Crippen LogP contribution in [0.5, 0.6) is 0 Å². The van der Waals surface area contributed by atoms with E-state index >= 15 is 0 Å². The molecule has 6 aliphatic rings. The van der Waals surface area contributed by atoms with Crippen LogP contribution in [0.3, 0.4) is 0 Å². The maximum atomic E-state index is 14.9. The quantitative estimate of drug-likeness (QED) is 0.0531. The molecule has 6 aliphatic heterocycles. The fraction of sp³-hybridized carbons (Fsp3) is 0.585. The maximum absolute atomic E-state index is 14.9. The van der Waals surface area contributed by atoms with Gasteiger partial charge in [0.2, 0.25) is 11.8 Å². The number of ether oxygens (including phenoxy) is 3. The molecule has 5 amide bonds. The number of aromatic nitrogens is 8. The summed E-state index contributed by atoms with van der Waals surface area (Å²) in [6.45, 7) is 62.7. The molecule has 8 aromatic rings. The van der Waals surface area contributed by atoms with E-state index in [1.165, 1.54) is 24.3 Å². The van der Waals surface area contributed by atoms with E-state index in [1.807, 2.05) is 194 Å². The van der Waals surface area contributed by atoms with Crippen molar-refractivity contribution in [1.29, 1.82) is 0 Å². The van der Waals surface area contributed by atoms with Crippen molar-refractivity contribution in [1.82, 2.24) is 75.1 Å². The van der Waals surface area contributed by atoms with Gasteiger partial charge in [0.25, 0.3) is 0 Å². The zero-order valence-corrected chi connectivity index (χ0v) is 96.3. The van der Waals surface area contributed by atoms with Crippen molar-refractivity contribution >= 4 is 118 Å². The number of aliphatic hydroxyl groups is 1. The zero-order chi connectivity index (χ0) is 107. The molecule has 6 aromatic carbocycles. The third kappa shape index (κ3) is 32.3. The molecule has 0 saturated carbocycles. The van der Waals surface area contributed by atoms with Crippen molar-refractivity contribution in [2.45, 2.75) is 263 Å². The van der Waals surface area contributed by atoms with Gasteiger partial charge in [0.15, 0.2) is 11.6 Å². The number of piperazine rings is 4. The molecule has 40 heteroatoms. The molecule has 0 spiro atoms. The predicted octanol–water partition coefficient (Wildman–Crippen LogP) is 20.4. The van der Waals surface area contributed by atoms with Crippen LogP contribution in [0, 0.1) is 62.8 Å². The van der Waals surface area contributed by atoms with E-state index in [0.29, 0.717) is 158 Å². The van der Waals surface area contributed by atoms with Crippen molar-refractivity contribution in [2.75, 3.05) is 150 Å². The molecule has 6 saturated heterocycles. The first-order chi connectivity index (χ1) is 67.3. The van der Waals surface area contributed by atoms with Gasteiger partial charge < -0.3 is 68.9 Å². The van der Waals surface area contributed by atoms with Gasteiger partial charge in [-0.15, -0.1) is 22.6 Å². The summed E-state index contributed by atoms with van der Waals surface area (Å²) < 4.78 is 75.7. The second-order valence-electron chi connectivity index (χ2n) is 43.0. The van der Waals surface area contributed by atoms with Gasteiger partial charge in [0.05, 0.1) is 36.1 Å². The number of carbonyl (C=O) groups is 6. The van der Waals surface area contributed by atoms with Crippen LogP contribution in [0.25, 0.3) is 0 Å². The van der Waals surface area contributed by atoms with Crippen LogP contribution in [-0.4, -0.2) is 275 Å². The average molecular weight is 2210 g/mol. The van der Waals surface area contributed by atoms with Gasteiger partial charge in [-0.1, -0.05) is 97.5 Å². The van der Waals surface area contributed by atoms with Crippen molar-refractivity contribution in [3.63, 3.8) is 0 Å². The monoisotopic (exact) mass is 2200 g/mol. The number of likely N-dealkylation sites (tertiary alicyclic amines) is 2. The van der Waals surface area contributed by atoms with E-state index < -0.39 is 69.9 Å². The van der Waals surface area contributed by atoms with E-state index in [4.69, 9.17) is 60.6 Å². The number of aryl methyl sites for hydroxylation is 6. The third-order valence-corrected chi connectivity index (χ3v) is 28.5. The fourth-order valence-electron chi connectivity index (χ4n) is 18.6. The summed E-state index contributed by atoms with van der Waals surface area (Å²) in [7, 11) is 0. The third-order valence-electron chi connectivity index (χ3n) is 26.9. The summed E-state index contributed by atoms with van der Waals surface area (Å²) in [6.07, 6.45) is 0.530. The van der Waals surface area contributed by atoms with Crippen LogP contribution in [0.15, 0.2) is 84.9 Å². The number of carboxylic acid groups (broad SMARTS) is 1. The van der Waals surface area contributed by atoms with Gasteiger partial charge >= 0.3 is 24.2 Å². The number of carboxylic acids is 1. The molecule has 8 atom stereocenters. The summed E-state index contributed by atoms with van der Waals surface area (Å²) in [5, 5.41) is 49.7. The number of aliphatic carboxylic acids is 1. The van der Waals surface area contributed by atoms with Gasteiger partial charge in [-0.05, 0) is 262 Å². The number of tetrazole rings is 2. The van der Waals surface area contributed by atoms with Crippen LogP contribution in [0.1, 0.15) is 262 Å². The first-order valence-electron chi connectivity index (χ1n) is 49.8. The molecule has 0 aliphatic carbocycles. The minimum absolute atomic E-state index is 0. The normalized spacial score (nSPS) is 18.4. The van der Waals surface area contributed by atoms with Crippen molar-refractivity contribution in [2.24, 2.45) is 11.8 Å². The Balaban J connectivity index is 0.000000227. The first-order valence-corrected chi connectivity index (χ1v) is 51.4. The molecule has 146 heavy (non-hydrogen) atoms. The number of halogens is 9. The molecular weight excluding hydrogens is 2060 g/mol. The van der Waals surface area contributed by atoms with Crippen LogP contribution < -0.4 is 24.9 Å². The number of rotatable bonds is 18. The van der Waals surface area contributed by atoms with Gasteiger partial charge in [0.1, 0.15) is 40.1 Å². The number of nitrogens with one attached hydrogen (secondary N) is 1. The zero-order valence-electron chi connectivity index (χ0n) is 89.6. The maximum Gasteiger partial charge on any atom is 0.410 e. The summed E-state index contributed by atoms with van der Waals surface area (Å²) in [6, 6.07) is 22.9. The van der Waals surface area contributed by atoms with Crippen LogP contribution in [0.2, 0.25) is 20.1 Å². The Labute approximate surface area is 910 Å². The van der Waals surface area contributed by atoms with E-state index in [-0.39, 0.29) is 116 Å². The summed E-state index contributed by atoms with van der Waals surface area (Å²) in [5.74, 6) is -3.65. The second kappa shape index (κ2) is 52.2. The Bertz CT molecular complexity index is 5780. The fourth-order valence-corrected chi connectivity index (χ4v) is 19.2. The average Bonchev–Trinajstić information content (AvgIpc) is 1.62. The van der Waals surface area contributed by atoms with E-state index in [2.05, 4.69) is 108 Å². The van der Waals surface area contributed by atoms with Crippen molar-refractivity contribution in [3.8, 4) is 0 Å². The Morgan fingerprint density at radius 1 is 0.425 bits per heavy atom. The predicted molar refractivity (Wildman–Crippen MR) is 566 cm³/mol. The van der Waals surface area contributed by atoms with E-state index in [9.17, 15) is 56.5 Å². The number of amides is 5. The minimum Gasteiger partial charge on any atom is -0.481 e. The molecule has 3 N–H and O–H groups in total. The summed E-state index contributed by atoms with van der Waals surface area (Å²) in [4.78, 5) is 94.4. The molecule has 0 bridgehead atoms. The second-order valence-corrected chi connectivity index (χ2v) is 44.6. The molecule has 8 heterocycles. The number of nitrogens with zero attached hydrogens (tertiary/aromatic N) is 18. The minimum atomic E-state index is -0.939. The molecule has 2 aromatic heterocycles. The van der Waals surface area contributed by atoms with Crippen LogP contribution in [0.4, 0.5) is 54.7 Å². The van der Waals surface area contributed by atoms with E-state index in [0.717, 1.165) is 109 Å². The Morgan fingerprint density at radius 3 is 1.01 bits per heavy atom. The summed E-state index contributed by atoms with van der Waals surface area (Å²) in [5.41, 5.74) is 10.8. The topological polar surface area (TPSA) is 302 Å².